The highest BCUT2D eigenvalue weighted by Gasteiger charge is 2.11. The lowest BCUT2D eigenvalue weighted by molar-refractivity contribution is 0.0951. The Kier molecular flexibility index (Phi) is 8.09. The summed E-state index contributed by atoms with van der Waals surface area (Å²) in [6.07, 6.45) is 0.561. The van der Waals surface area contributed by atoms with Gasteiger partial charge in [0, 0.05) is 24.2 Å². The van der Waals surface area contributed by atoms with Crippen LogP contribution in [0.2, 0.25) is 0 Å². The van der Waals surface area contributed by atoms with Crippen molar-refractivity contribution < 1.29 is 24.2 Å². The first kappa shape index (κ1) is 22.7. The van der Waals surface area contributed by atoms with Crippen LogP contribution in [-0.2, 0) is 6.61 Å². The van der Waals surface area contributed by atoms with E-state index in [-0.39, 0.29) is 17.6 Å². The van der Waals surface area contributed by atoms with Gasteiger partial charge in [-0.05, 0) is 48.4 Å². The lowest BCUT2D eigenvalue weighted by atomic mass is 10.2. The minimum Gasteiger partial charge on any atom is -0.508 e. The largest absolute Gasteiger partial charge is 0.508 e. The molecular formula is C25H26N2O5. The van der Waals surface area contributed by atoms with Crippen molar-refractivity contribution in [1.82, 2.24) is 10.6 Å². The van der Waals surface area contributed by atoms with Crippen LogP contribution in [0.1, 0.15) is 32.7 Å². The summed E-state index contributed by atoms with van der Waals surface area (Å²) in [5, 5.41) is 15.0. The maximum Gasteiger partial charge on any atom is 0.251 e. The zero-order valence-corrected chi connectivity index (χ0v) is 17.8. The van der Waals surface area contributed by atoms with E-state index < -0.39 is 0 Å². The molecule has 0 spiro atoms. The molecule has 0 radical (unpaired) electrons. The maximum atomic E-state index is 12.4. The minimum atomic E-state index is -0.275. The standard InChI is InChI=1S/C25H26N2O5/c1-31-23-16-20(11-12-22(23)32-17-18-7-3-2-4-8-18)25(30)27-14-6-13-26-24(29)19-9-5-10-21(28)15-19/h2-5,7-12,15-16,28H,6,13-14,17H2,1H3,(H,26,29)(H,27,30). The molecule has 0 fully saturated rings. The van der Waals surface area contributed by atoms with Crippen LogP contribution in [0.4, 0.5) is 0 Å². The number of benzene rings is 3. The average molecular weight is 434 g/mol. The van der Waals surface area contributed by atoms with Crippen molar-refractivity contribution in [2.24, 2.45) is 0 Å². The van der Waals surface area contributed by atoms with E-state index in [1.54, 1.807) is 30.3 Å². The molecule has 0 unspecified atom stereocenters. The molecule has 7 nitrogen and oxygen atoms in total. The van der Waals surface area contributed by atoms with Crippen LogP contribution in [0.3, 0.4) is 0 Å². The first-order chi connectivity index (χ1) is 15.6. The van der Waals surface area contributed by atoms with Crippen LogP contribution >= 0.6 is 0 Å². The fourth-order valence-corrected chi connectivity index (χ4v) is 3.01. The number of phenolic OH excluding ortho intramolecular Hbond substituents is 1. The number of hydrogen-bond acceptors (Lipinski definition) is 5. The van der Waals surface area contributed by atoms with Crippen LogP contribution in [0.15, 0.2) is 72.8 Å². The Bertz CT molecular complexity index is 1050. The number of rotatable bonds is 10. The smallest absolute Gasteiger partial charge is 0.251 e. The Morgan fingerprint density at radius 3 is 2.16 bits per heavy atom. The Balaban J connectivity index is 1.44. The number of amides is 2. The number of hydrogen-bond donors (Lipinski definition) is 3. The highest BCUT2D eigenvalue weighted by Crippen LogP contribution is 2.28. The number of ether oxygens (including phenoxy) is 2. The van der Waals surface area contributed by atoms with Gasteiger partial charge in [0.2, 0.25) is 0 Å². The van der Waals surface area contributed by atoms with E-state index in [9.17, 15) is 14.7 Å². The molecule has 3 aromatic carbocycles. The molecular weight excluding hydrogens is 408 g/mol. The molecule has 32 heavy (non-hydrogen) atoms. The third-order valence-corrected chi connectivity index (χ3v) is 4.70. The van der Waals surface area contributed by atoms with Crippen molar-refractivity contribution in [1.29, 1.82) is 0 Å². The van der Waals surface area contributed by atoms with Gasteiger partial charge < -0.3 is 25.2 Å². The van der Waals surface area contributed by atoms with Crippen molar-refractivity contribution in [3.8, 4) is 17.2 Å². The molecule has 3 rings (SSSR count). The van der Waals surface area contributed by atoms with Crippen molar-refractivity contribution in [3.05, 3.63) is 89.5 Å². The van der Waals surface area contributed by atoms with E-state index in [1.807, 2.05) is 30.3 Å². The third kappa shape index (κ3) is 6.50. The second kappa shape index (κ2) is 11.4. The van der Waals surface area contributed by atoms with Gasteiger partial charge in [-0.25, -0.2) is 0 Å². The van der Waals surface area contributed by atoms with Gasteiger partial charge in [0.1, 0.15) is 12.4 Å². The molecule has 3 aromatic rings. The zero-order valence-electron chi connectivity index (χ0n) is 17.8. The summed E-state index contributed by atoms with van der Waals surface area (Å²) in [6, 6.07) is 21.0. The van der Waals surface area contributed by atoms with Crippen LogP contribution in [0.5, 0.6) is 17.2 Å². The van der Waals surface area contributed by atoms with E-state index in [0.29, 0.717) is 48.7 Å². The second-order valence-electron chi connectivity index (χ2n) is 7.06. The number of nitrogens with one attached hydrogen (secondary N) is 2. The van der Waals surface area contributed by atoms with E-state index >= 15 is 0 Å². The Morgan fingerprint density at radius 1 is 0.812 bits per heavy atom. The number of carbonyl (C=O) groups excluding carboxylic acids is 2. The molecule has 0 saturated heterocycles. The van der Waals surface area contributed by atoms with Crippen molar-refractivity contribution in [2.75, 3.05) is 20.2 Å². The third-order valence-electron chi connectivity index (χ3n) is 4.70. The number of methoxy groups -OCH3 is 1. The quantitative estimate of drug-likeness (QED) is 0.424. The summed E-state index contributed by atoms with van der Waals surface area (Å²) in [6.45, 7) is 1.19. The molecule has 2 amide bonds. The summed E-state index contributed by atoms with van der Waals surface area (Å²) >= 11 is 0. The van der Waals surface area contributed by atoms with Gasteiger partial charge in [-0.1, -0.05) is 36.4 Å². The van der Waals surface area contributed by atoms with Crippen LogP contribution in [0, 0.1) is 0 Å². The molecule has 7 heteroatoms. The Morgan fingerprint density at radius 2 is 1.50 bits per heavy atom. The second-order valence-corrected chi connectivity index (χ2v) is 7.06. The fourth-order valence-electron chi connectivity index (χ4n) is 3.01. The summed E-state index contributed by atoms with van der Waals surface area (Å²) in [5.41, 5.74) is 1.88. The molecule has 0 aromatic heterocycles. The van der Waals surface area contributed by atoms with Crippen LogP contribution < -0.4 is 20.1 Å². The van der Waals surface area contributed by atoms with Crippen molar-refractivity contribution in [3.63, 3.8) is 0 Å². The number of carbonyl (C=O) groups is 2. The summed E-state index contributed by atoms with van der Waals surface area (Å²) < 4.78 is 11.2. The minimum absolute atomic E-state index is 0.0387. The van der Waals surface area contributed by atoms with E-state index in [4.69, 9.17) is 9.47 Å². The van der Waals surface area contributed by atoms with Gasteiger partial charge >= 0.3 is 0 Å². The number of phenols is 1. The molecule has 3 N–H and O–H groups in total. The van der Waals surface area contributed by atoms with Crippen molar-refractivity contribution in [2.45, 2.75) is 13.0 Å². The normalized spacial score (nSPS) is 10.3. The predicted octanol–water partition coefficient (Wildman–Crippen LogP) is 3.53. The Labute approximate surface area is 187 Å². The average Bonchev–Trinajstić information content (AvgIpc) is 2.82. The van der Waals surface area contributed by atoms with Crippen molar-refractivity contribution >= 4 is 11.8 Å². The number of aromatic hydroxyl groups is 1. The molecule has 0 heterocycles. The Hall–Kier alpha value is -4.00. The van der Waals surface area contributed by atoms with E-state index in [1.165, 1.54) is 19.2 Å². The van der Waals surface area contributed by atoms with Crippen LogP contribution in [-0.4, -0.2) is 37.1 Å². The summed E-state index contributed by atoms with van der Waals surface area (Å²) in [7, 11) is 1.53. The highest BCUT2D eigenvalue weighted by molar-refractivity contribution is 5.95. The van der Waals surface area contributed by atoms with Gasteiger partial charge in [-0.15, -0.1) is 0 Å². The molecule has 0 bridgehead atoms. The highest BCUT2D eigenvalue weighted by atomic mass is 16.5. The SMILES string of the molecule is COc1cc(C(=O)NCCCNC(=O)c2cccc(O)c2)ccc1OCc1ccccc1. The van der Waals surface area contributed by atoms with Gasteiger partial charge in [0.15, 0.2) is 11.5 Å². The maximum absolute atomic E-state index is 12.4. The summed E-state index contributed by atoms with van der Waals surface area (Å²) in [4.78, 5) is 24.5. The van der Waals surface area contributed by atoms with Gasteiger partial charge in [0.25, 0.3) is 11.8 Å². The van der Waals surface area contributed by atoms with Gasteiger partial charge in [-0.3, -0.25) is 9.59 Å². The fraction of sp³-hybridized carbons (Fsp3) is 0.200. The lowest BCUT2D eigenvalue weighted by Crippen LogP contribution is -2.29. The van der Waals surface area contributed by atoms with Crippen LogP contribution in [0.25, 0.3) is 0 Å². The first-order valence-electron chi connectivity index (χ1n) is 10.3. The molecule has 0 aliphatic heterocycles. The lowest BCUT2D eigenvalue weighted by Gasteiger charge is -2.12. The van der Waals surface area contributed by atoms with E-state index in [2.05, 4.69) is 10.6 Å². The monoisotopic (exact) mass is 434 g/mol. The molecule has 0 atom stereocenters. The van der Waals surface area contributed by atoms with Gasteiger partial charge in [-0.2, -0.15) is 0 Å². The molecule has 0 aliphatic carbocycles. The van der Waals surface area contributed by atoms with E-state index in [0.717, 1.165) is 5.56 Å². The zero-order chi connectivity index (χ0) is 22.8. The molecule has 0 saturated carbocycles. The molecule has 166 valence electrons. The first-order valence-corrected chi connectivity index (χ1v) is 10.3. The topological polar surface area (TPSA) is 96.9 Å². The predicted molar refractivity (Wildman–Crippen MR) is 121 cm³/mol. The summed E-state index contributed by atoms with van der Waals surface area (Å²) in [5.74, 6) is 0.562. The van der Waals surface area contributed by atoms with Gasteiger partial charge in [0.05, 0.1) is 7.11 Å². The molecule has 0 aliphatic rings.